The Balaban J connectivity index is 1.60. The molecule has 0 spiro atoms. The first-order valence-corrected chi connectivity index (χ1v) is 14.6. The third-order valence-electron chi connectivity index (χ3n) is 7.91. The Morgan fingerprint density at radius 1 is 1.11 bits per heavy atom. The number of nitrogens with zero attached hydrogens (tertiary/aromatic N) is 5. The van der Waals surface area contributed by atoms with E-state index in [4.69, 9.17) is 28.2 Å². The summed E-state index contributed by atoms with van der Waals surface area (Å²) in [6.45, 7) is 3.58. The van der Waals surface area contributed by atoms with E-state index < -0.39 is 29.2 Å². The molecule has 2 N–H and O–H groups in total. The fourth-order valence-corrected chi connectivity index (χ4v) is 5.48. The minimum absolute atomic E-state index is 0.00757. The lowest BCUT2D eigenvalue weighted by molar-refractivity contribution is -0.137. The van der Waals surface area contributed by atoms with E-state index in [2.05, 4.69) is 15.5 Å². The second-order valence-corrected chi connectivity index (χ2v) is 11.5. The van der Waals surface area contributed by atoms with Crippen LogP contribution in [0.1, 0.15) is 63.1 Å². The number of carbonyl (C=O) groups excluding carboxylic acids is 2. The predicted molar refractivity (Wildman–Crippen MR) is 163 cm³/mol. The van der Waals surface area contributed by atoms with Crippen LogP contribution in [-0.4, -0.2) is 56.6 Å². The number of fused-ring (bicyclic) bond motifs is 1. The number of nitrogens with one attached hydrogen (secondary N) is 2. The van der Waals surface area contributed by atoms with Gasteiger partial charge in [0.1, 0.15) is 5.82 Å². The van der Waals surface area contributed by atoms with Crippen LogP contribution in [0.4, 0.5) is 19.1 Å². The van der Waals surface area contributed by atoms with E-state index in [1.165, 1.54) is 41.9 Å². The molecule has 2 amide bonds. The van der Waals surface area contributed by atoms with Crippen LogP contribution >= 0.6 is 23.2 Å². The van der Waals surface area contributed by atoms with Crippen LogP contribution in [0.25, 0.3) is 5.82 Å². The van der Waals surface area contributed by atoms with Gasteiger partial charge >= 0.3 is 6.18 Å². The third kappa shape index (κ3) is 6.14. The van der Waals surface area contributed by atoms with Gasteiger partial charge in [0.2, 0.25) is 5.95 Å². The molecule has 3 heterocycles. The number of aromatic nitrogens is 4. The minimum Gasteiger partial charge on any atom is -0.354 e. The van der Waals surface area contributed by atoms with Gasteiger partial charge in [0.15, 0.2) is 5.69 Å². The standard InChI is InChI=1S/C30H28Cl2F3N7O3/c1-15-11-20-24(14-41(15)27(44)18-7-10-21(31)22(32)12-18)37-29(42(28(20)45)25-13-23(38-39-25)26(43)36-3)40(4)16(2)17-5-8-19(9-6-17)30(33,34)35/h5-10,12-13,15-16H,11,14H2,1-4H3,(H,36,43)(H,38,39)/t15-,16+/m1/s1. The van der Waals surface area contributed by atoms with Crippen LogP contribution in [0.5, 0.6) is 0 Å². The first-order valence-electron chi connectivity index (χ1n) is 13.8. The first kappa shape index (κ1) is 32.0. The Morgan fingerprint density at radius 2 is 1.80 bits per heavy atom. The molecular formula is C30H28Cl2F3N7O3. The minimum atomic E-state index is -4.49. The van der Waals surface area contributed by atoms with Crippen molar-refractivity contribution < 1.29 is 22.8 Å². The maximum Gasteiger partial charge on any atom is 0.416 e. The predicted octanol–water partition coefficient (Wildman–Crippen LogP) is 5.43. The van der Waals surface area contributed by atoms with Crippen molar-refractivity contribution in [2.75, 3.05) is 19.0 Å². The van der Waals surface area contributed by atoms with E-state index >= 15 is 0 Å². The molecular weight excluding hydrogens is 634 g/mol. The second kappa shape index (κ2) is 12.2. The molecule has 236 valence electrons. The van der Waals surface area contributed by atoms with Crippen molar-refractivity contribution in [1.82, 2.24) is 30.0 Å². The van der Waals surface area contributed by atoms with E-state index in [0.717, 1.165) is 12.1 Å². The SMILES string of the molecule is CNC(=O)c1cc(-n2c(N(C)[C@@H](C)c3ccc(C(F)(F)F)cc3)nc3c(c2=O)C[C@@H](C)N(C(=O)c2ccc(Cl)c(Cl)c2)C3)[nH]n1. The third-order valence-corrected chi connectivity index (χ3v) is 8.64. The van der Waals surface area contributed by atoms with Crippen LogP contribution < -0.4 is 15.8 Å². The van der Waals surface area contributed by atoms with E-state index in [-0.39, 0.29) is 47.4 Å². The Bertz CT molecular complexity index is 1840. The number of anilines is 1. The molecule has 45 heavy (non-hydrogen) atoms. The van der Waals surface area contributed by atoms with E-state index in [9.17, 15) is 27.6 Å². The molecule has 2 aromatic carbocycles. The summed E-state index contributed by atoms with van der Waals surface area (Å²) >= 11 is 12.2. The zero-order valence-electron chi connectivity index (χ0n) is 24.5. The normalized spacial score (nSPS) is 15.4. The summed E-state index contributed by atoms with van der Waals surface area (Å²) < 4.78 is 40.9. The number of H-pyrrole nitrogens is 1. The van der Waals surface area contributed by atoms with E-state index in [1.54, 1.807) is 29.8 Å². The summed E-state index contributed by atoms with van der Waals surface area (Å²) in [6.07, 6.45) is -4.31. The maximum atomic E-state index is 14.2. The lowest BCUT2D eigenvalue weighted by Gasteiger charge is -2.36. The summed E-state index contributed by atoms with van der Waals surface area (Å²) in [6, 6.07) is 9.75. The van der Waals surface area contributed by atoms with Crippen LogP contribution in [-0.2, 0) is 19.1 Å². The Kier molecular flexibility index (Phi) is 8.69. The Morgan fingerprint density at radius 3 is 2.42 bits per heavy atom. The Hall–Kier alpha value is -4.36. The molecule has 0 saturated carbocycles. The number of rotatable bonds is 6. The number of benzene rings is 2. The summed E-state index contributed by atoms with van der Waals surface area (Å²) in [5.74, 6) is -0.517. The molecule has 0 aliphatic carbocycles. The smallest absolute Gasteiger partial charge is 0.354 e. The lowest BCUT2D eigenvalue weighted by atomic mass is 9.98. The number of alkyl halides is 3. The molecule has 0 bridgehead atoms. The first-order chi connectivity index (χ1) is 21.2. The Labute approximate surface area is 265 Å². The van der Waals surface area contributed by atoms with Gasteiger partial charge in [-0.1, -0.05) is 35.3 Å². The molecule has 2 atom stereocenters. The second-order valence-electron chi connectivity index (χ2n) is 10.7. The van der Waals surface area contributed by atoms with Gasteiger partial charge in [-0.05, 0) is 56.2 Å². The molecule has 0 radical (unpaired) electrons. The highest BCUT2D eigenvalue weighted by Gasteiger charge is 2.34. The molecule has 10 nitrogen and oxygen atoms in total. The number of hydrogen-bond acceptors (Lipinski definition) is 6. The zero-order chi connectivity index (χ0) is 32.8. The number of aromatic amines is 1. The molecule has 0 fully saturated rings. The topological polar surface area (TPSA) is 116 Å². The van der Waals surface area contributed by atoms with Crippen LogP contribution in [0, 0.1) is 0 Å². The van der Waals surface area contributed by atoms with Gasteiger partial charge in [-0.3, -0.25) is 19.5 Å². The summed E-state index contributed by atoms with van der Waals surface area (Å²) in [5, 5.41) is 9.76. The summed E-state index contributed by atoms with van der Waals surface area (Å²) in [7, 11) is 3.09. The van der Waals surface area contributed by atoms with Crippen molar-refractivity contribution >= 4 is 41.0 Å². The molecule has 0 saturated heterocycles. The maximum absolute atomic E-state index is 14.2. The van der Waals surface area contributed by atoms with Crippen molar-refractivity contribution in [3.63, 3.8) is 0 Å². The molecule has 1 aliphatic rings. The molecule has 5 rings (SSSR count). The van der Waals surface area contributed by atoms with Crippen molar-refractivity contribution in [1.29, 1.82) is 0 Å². The monoisotopic (exact) mass is 661 g/mol. The zero-order valence-corrected chi connectivity index (χ0v) is 26.1. The molecule has 15 heteroatoms. The molecule has 2 aromatic heterocycles. The van der Waals surface area contributed by atoms with Crippen molar-refractivity contribution in [3.05, 3.63) is 103 Å². The number of carbonyl (C=O) groups is 2. The van der Waals surface area contributed by atoms with Gasteiger partial charge in [-0.15, -0.1) is 0 Å². The van der Waals surface area contributed by atoms with Crippen LogP contribution in [0.2, 0.25) is 10.0 Å². The van der Waals surface area contributed by atoms with Crippen molar-refractivity contribution in [2.45, 2.75) is 45.1 Å². The summed E-state index contributed by atoms with van der Waals surface area (Å²) in [4.78, 5) is 48.0. The molecule has 4 aromatic rings. The van der Waals surface area contributed by atoms with Crippen molar-refractivity contribution in [2.24, 2.45) is 0 Å². The van der Waals surface area contributed by atoms with Gasteiger partial charge in [0, 0.05) is 37.3 Å². The number of hydrogen-bond donors (Lipinski definition) is 2. The largest absolute Gasteiger partial charge is 0.416 e. The fourth-order valence-electron chi connectivity index (χ4n) is 5.18. The number of halogens is 5. The summed E-state index contributed by atoms with van der Waals surface area (Å²) in [5.41, 5.74) is 0.386. The van der Waals surface area contributed by atoms with Gasteiger partial charge in [-0.2, -0.15) is 18.3 Å². The van der Waals surface area contributed by atoms with E-state index in [0.29, 0.717) is 27.4 Å². The quantitative estimate of drug-likeness (QED) is 0.285. The lowest BCUT2D eigenvalue weighted by Crippen LogP contribution is -2.46. The highest BCUT2D eigenvalue weighted by Crippen LogP contribution is 2.33. The average Bonchev–Trinajstić information content (AvgIpc) is 3.50. The van der Waals surface area contributed by atoms with Crippen LogP contribution in [0.3, 0.4) is 0 Å². The van der Waals surface area contributed by atoms with Gasteiger partial charge in [-0.25, -0.2) is 9.55 Å². The highest BCUT2D eigenvalue weighted by atomic mass is 35.5. The van der Waals surface area contributed by atoms with Crippen molar-refractivity contribution in [3.8, 4) is 5.82 Å². The molecule has 0 unspecified atom stereocenters. The van der Waals surface area contributed by atoms with Gasteiger partial charge in [0.25, 0.3) is 17.4 Å². The number of amides is 2. The van der Waals surface area contributed by atoms with Gasteiger partial charge < -0.3 is 15.1 Å². The molecule has 1 aliphatic heterocycles. The fraction of sp³-hybridized carbons (Fsp3) is 0.300. The van der Waals surface area contributed by atoms with Crippen LogP contribution in [0.15, 0.2) is 53.3 Å². The average molecular weight is 662 g/mol. The van der Waals surface area contributed by atoms with Gasteiger partial charge in [0.05, 0.1) is 33.9 Å². The highest BCUT2D eigenvalue weighted by molar-refractivity contribution is 6.42. The van der Waals surface area contributed by atoms with E-state index in [1.807, 2.05) is 6.92 Å².